The van der Waals surface area contributed by atoms with E-state index in [9.17, 15) is 15.2 Å². The molecule has 0 aliphatic heterocycles. The van der Waals surface area contributed by atoms with Crippen LogP contribution in [0.4, 0.5) is 17.2 Å². The number of aryl methyl sites for hydroxylation is 1. The summed E-state index contributed by atoms with van der Waals surface area (Å²) in [6.07, 6.45) is 2.96. The largest absolute Gasteiger partial charge is 0.505 e. The molecule has 0 saturated heterocycles. The number of rotatable bonds is 5. The summed E-state index contributed by atoms with van der Waals surface area (Å²) in [5, 5.41) is 37.5. The molecule has 174 valence electrons. The van der Waals surface area contributed by atoms with E-state index in [1.807, 2.05) is 37.3 Å². The van der Waals surface area contributed by atoms with Crippen LogP contribution in [-0.2, 0) is 0 Å². The van der Waals surface area contributed by atoms with Crippen molar-refractivity contribution in [3.8, 4) is 17.6 Å². The summed E-state index contributed by atoms with van der Waals surface area (Å²) < 4.78 is 1.38. The SMILES string of the molecule is Cc1ccc(NC(=O)c2cc3ccccc3c(/N=N/c3c(C#N)cnn3-c3ccccn3)c2O)cc1. The highest BCUT2D eigenvalue weighted by Gasteiger charge is 2.19. The fourth-order valence-electron chi connectivity index (χ4n) is 3.69. The quantitative estimate of drug-likeness (QED) is 0.304. The number of nitrogens with zero attached hydrogens (tertiary/aromatic N) is 6. The van der Waals surface area contributed by atoms with Crippen molar-refractivity contribution in [2.75, 3.05) is 5.32 Å². The fraction of sp³-hybridized carbons (Fsp3) is 0.0370. The van der Waals surface area contributed by atoms with Crippen molar-refractivity contribution in [1.29, 1.82) is 5.26 Å². The van der Waals surface area contributed by atoms with E-state index in [1.165, 1.54) is 10.9 Å². The topological polar surface area (TPSA) is 129 Å². The van der Waals surface area contributed by atoms with Crippen LogP contribution in [0.3, 0.4) is 0 Å². The molecule has 0 spiro atoms. The Morgan fingerprint density at radius 3 is 2.58 bits per heavy atom. The zero-order chi connectivity index (χ0) is 25.1. The minimum atomic E-state index is -0.491. The summed E-state index contributed by atoms with van der Waals surface area (Å²) in [6, 6.07) is 23.5. The smallest absolute Gasteiger partial charge is 0.259 e. The number of azo groups is 1. The maximum absolute atomic E-state index is 13.1. The van der Waals surface area contributed by atoms with Gasteiger partial charge in [-0.2, -0.15) is 15.0 Å². The first-order chi connectivity index (χ1) is 17.5. The van der Waals surface area contributed by atoms with Crippen LogP contribution >= 0.6 is 0 Å². The molecule has 0 radical (unpaired) electrons. The Balaban J connectivity index is 1.60. The second kappa shape index (κ2) is 9.48. The van der Waals surface area contributed by atoms with Crippen molar-refractivity contribution < 1.29 is 9.90 Å². The van der Waals surface area contributed by atoms with Gasteiger partial charge in [-0.05, 0) is 42.6 Å². The lowest BCUT2D eigenvalue weighted by atomic mass is 10.0. The molecule has 2 N–H and O–H groups in total. The molecule has 2 aromatic heterocycles. The maximum atomic E-state index is 13.1. The number of fused-ring (bicyclic) bond motifs is 1. The predicted octanol–water partition coefficient (Wildman–Crippen LogP) is 5.97. The van der Waals surface area contributed by atoms with Gasteiger partial charge in [-0.15, -0.1) is 10.2 Å². The lowest BCUT2D eigenvalue weighted by molar-refractivity contribution is 0.102. The third-order valence-corrected chi connectivity index (χ3v) is 5.52. The molecule has 0 saturated carbocycles. The van der Waals surface area contributed by atoms with Crippen LogP contribution in [0, 0.1) is 18.3 Å². The Hall–Kier alpha value is -5.36. The standard InChI is InChI=1S/C27H19N7O2/c1-17-9-11-20(12-10-17)31-27(36)22-14-18-6-2-3-7-21(18)24(25(22)35)32-33-26-19(15-28)16-30-34(26)23-8-4-5-13-29-23/h2-14,16,35H,1H3,(H,31,36)/b33-32+. The Morgan fingerprint density at radius 1 is 1.06 bits per heavy atom. The molecule has 0 atom stereocenters. The van der Waals surface area contributed by atoms with E-state index >= 15 is 0 Å². The van der Waals surface area contributed by atoms with Crippen LogP contribution in [0.25, 0.3) is 16.6 Å². The number of pyridine rings is 1. The predicted molar refractivity (Wildman–Crippen MR) is 135 cm³/mol. The van der Waals surface area contributed by atoms with Gasteiger partial charge in [-0.25, -0.2) is 4.98 Å². The molecule has 9 nitrogen and oxygen atoms in total. The first-order valence-corrected chi connectivity index (χ1v) is 11.0. The van der Waals surface area contributed by atoms with Gasteiger partial charge < -0.3 is 10.4 Å². The third kappa shape index (κ3) is 4.26. The van der Waals surface area contributed by atoms with Gasteiger partial charge in [0.1, 0.15) is 17.3 Å². The molecule has 0 aliphatic carbocycles. The van der Waals surface area contributed by atoms with E-state index in [0.29, 0.717) is 22.3 Å². The summed E-state index contributed by atoms with van der Waals surface area (Å²) in [5.41, 5.74) is 1.98. The van der Waals surface area contributed by atoms with Crippen molar-refractivity contribution in [3.63, 3.8) is 0 Å². The molecule has 1 amide bonds. The van der Waals surface area contributed by atoms with Crippen LogP contribution in [0.5, 0.6) is 5.75 Å². The van der Waals surface area contributed by atoms with Crippen LogP contribution in [-0.4, -0.2) is 25.8 Å². The van der Waals surface area contributed by atoms with Gasteiger partial charge in [0.2, 0.25) is 0 Å². The number of carbonyl (C=O) groups is 1. The lowest BCUT2D eigenvalue weighted by Crippen LogP contribution is -2.12. The molecule has 3 aromatic carbocycles. The van der Waals surface area contributed by atoms with E-state index in [-0.39, 0.29) is 28.4 Å². The summed E-state index contributed by atoms with van der Waals surface area (Å²) in [7, 11) is 0. The molecule has 9 heteroatoms. The number of hydrogen-bond donors (Lipinski definition) is 2. The zero-order valence-corrected chi connectivity index (χ0v) is 19.1. The molecule has 5 aromatic rings. The number of hydrogen-bond acceptors (Lipinski definition) is 7. The monoisotopic (exact) mass is 473 g/mol. The van der Waals surface area contributed by atoms with E-state index in [2.05, 4.69) is 25.6 Å². The molecule has 0 bridgehead atoms. The van der Waals surface area contributed by atoms with Crippen LogP contribution in [0.2, 0.25) is 0 Å². The molecule has 36 heavy (non-hydrogen) atoms. The van der Waals surface area contributed by atoms with Crippen LogP contribution < -0.4 is 5.32 Å². The third-order valence-electron chi connectivity index (χ3n) is 5.52. The number of aromatic hydroxyl groups is 1. The number of amides is 1. The van der Waals surface area contributed by atoms with Crippen LogP contribution in [0.1, 0.15) is 21.5 Å². The van der Waals surface area contributed by atoms with Gasteiger partial charge >= 0.3 is 0 Å². The molecule has 0 fully saturated rings. The van der Waals surface area contributed by atoms with Crippen LogP contribution in [0.15, 0.2) is 95.4 Å². The Morgan fingerprint density at radius 2 is 1.83 bits per heavy atom. The molecule has 5 rings (SSSR count). The van der Waals surface area contributed by atoms with Gasteiger partial charge in [0.05, 0.1) is 11.8 Å². The van der Waals surface area contributed by atoms with Crippen molar-refractivity contribution >= 4 is 33.9 Å². The number of nitriles is 1. The lowest BCUT2D eigenvalue weighted by Gasteiger charge is -2.11. The number of benzene rings is 3. The number of nitrogens with one attached hydrogen (secondary N) is 1. The Labute approximate surface area is 206 Å². The molecule has 0 aliphatic rings. The number of anilines is 1. The fourth-order valence-corrected chi connectivity index (χ4v) is 3.69. The highest BCUT2D eigenvalue weighted by Crippen LogP contribution is 2.40. The van der Waals surface area contributed by atoms with Crippen molar-refractivity contribution in [3.05, 3.63) is 102 Å². The van der Waals surface area contributed by atoms with E-state index in [4.69, 9.17) is 0 Å². The molecule has 0 unspecified atom stereocenters. The molecular weight excluding hydrogens is 454 g/mol. The maximum Gasteiger partial charge on any atom is 0.259 e. The normalized spacial score (nSPS) is 11.0. The second-order valence-electron chi connectivity index (χ2n) is 7.96. The highest BCUT2D eigenvalue weighted by molar-refractivity contribution is 6.11. The van der Waals surface area contributed by atoms with Gasteiger partial charge in [0.15, 0.2) is 17.4 Å². The van der Waals surface area contributed by atoms with Gasteiger partial charge in [0.25, 0.3) is 5.91 Å². The van der Waals surface area contributed by atoms with Gasteiger partial charge in [-0.3, -0.25) is 4.79 Å². The Kier molecular flexibility index (Phi) is 5.91. The molecular formula is C27H19N7O2. The average molecular weight is 473 g/mol. The second-order valence-corrected chi connectivity index (χ2v) is 7.96. The summed E-state index contributed by atoms with van der Waals surface area (Å²) >= 11 is 0. The van der Waals surface area contributed by atoms with Crippen molar-refractivity contribution in [2.45, 2.75) is 6.92 Å². The first-order valence-electron chi connectivity index (χ1n) is 11.0. The minimum Gasteiger partial charge on any atom is -0.505 e. The summed E-state index contributed by atoms with van der Waals surface area (Å²) in [5.74, 6) is -0.221. The van der Waals surface area contributed by atoms with Crippen molar-refractivity contribution in [2.24, 2.45) is 10.2 Å². The summed E-state index contributed by atoms with van der Waals surface area (Å²) in [4.78, 5) is 17.3. The highest BCUT2D eigenvalue weighted by atomic mass is 16.3. The first kappa shape index (κ1) is 22.4. The van der Waals surface area contributed by atoms with E-state index < -0.39 is 5.91 Å². The Bertz CT molecular complexity index is 1650. The van der Waals surface area contributed by atoms with Gasteiger partial charge in [-0.1, -0.05) is 48.0 Å². The average Bonchev–Trinajstić information content (AvgIpc) is 3.32. The number of phenols is 1. The minimum absolute atomic E-state index is 0.0435. The number of phenolic OH excluding ortho intramolecular Hbond substituents is 1. The van der Waals surface area contributed by atoms with Gasteiger partial charge in [0, 0.05) is 17.3 Å². The number of carbonyl (C=O) groups excluding carboxylic acids is 1. The summed E-state index contributed by atoms with van der Waals surface area (Å²) in [6.45, 7) is 1.95. The molecule has 2 heterocycles. The zero-order valence-electron chi connectivity index (χ0n) is 19.1. The van der Waals surface area contributed by atoms with Crippen molar-refractivity contribution in [1.82, 2.24) is 14.8 Å². The van der Waals surface area contributed by atoms with E-state index in [1.54, 1.807) is 54.7 Å². The number of aromatic nitrogens is 3. The van der Waals surface area contributed by atoms with E-state index in [0.717, 1.165) is 5.56 Å².